The number of morpholine rings is 1. The first-order valence-corrected chi connectivity index (χ1v) is 12.8. The number of thiazole rings is 1. The first-order chi connectivity index (χ1) is 15.8. The fraction of sp³-hybridized carbons (Fsp3) is 0.476. The second-order valence-electron chi connectivity index (χ2n) is 8.18. The Balaban J connectivity index is 1.52. The minimum absolute atomic E-state index is 0.114. The predicted molar refractivity (Wildman–Crippen MR) is 133 cm³/mol. The number of hydrogen-bond acceptors (Lipinski definition) is 8. The van der Waals surface area contributed by atoms with Crippen LogP contribution in [0.25, 0.3) is 10.7 Å². The molecule has 0 bridgehead atoms. The van der Waals surface area contributed by atoms with E-state index in [1.165, 1.54) is 23.1 Å². The number of thiol groups is 1. The Kier molecular flexibility index (Phi) is 7.15. The van der Waals surface area contributed by atoms with Gasteiger partial charge < -0.3 is 15.0 Å². The molecule has 1 aliphatic rings. The van der Waals surface area contributed by atoms with E-state index in [1.807, 2.05) is 13.2 Å². The van der Waals surface area contributed by atoms with E-state index in [-0.39, 0.29) is 10.8 Å². The van der Waals surface area contributed by atoms with Gasteiger partial charge in [0.1, 0.15) is 11.5 Å². The first kappa shape index (κ1) is 23.5. The van der Waals surface area contributed by atoms with Gasteiger partial charge in [0.15, 0.2) is 15.7 Å². The summed E-state index contributed by atoms with van der Waals surface area (Å²) in [7, 11) is 1.84. The fourth-order valence-electron chi connectivity index (χ4n) is 3.25. The van der Waals surface area contributed by atoms with Crippen molar-refractivity contribution < 1.29 is 9.53 Å². The quantitative estimate of drug-likeness (QED) is 0.387. The van der Waals surface area contributed by atoms with Crippen LogP contribution in [0.2, 0.25) is 0 Å². The fourth-order valence-corrected chi connectivity index (χ4v) is 4.34. The van der Waals surface area contributed by atoms with Gasteiger partial charge in [-0.25, -0.2) is 19.7 Å². The van der Waals surface area contributed by atoms with Crippen LogP contribution in [0.1, 0.15) is 25.1 Å². The number of anilines is 2. The Labute approximate surface area is 201 Å². The average Bonchev–Trinajstić information content (AvgIpc) is 3.47. The Morgan fingerprint density at radius 2 is 2.06 bits per heavy atom. The highest BCUT2D eigenvalue weighted by molar-refractivity contribution is 7.78. The highest BCUT2D eigenvalue weighted by atomic mass is 32.2. The second kappa shape index (κ2) is 10.1. The first-order valence-electron chi connectivity index (χ1n) is 10.7. The molecule has 4 rings (SSSR count). The third kappa shape index (κ3) is 5.81. The number of carbonyl (C=O) groups excluding carboxylic acids is 1. The lowest BCUT2D eigenvalue weighted by atomic mass is 10.1. The molecule has 0 radical (unpaired) electrons. The van der Waals surface area contributed by atoms with Crippen molar-refractivity contribution in [3.63, 3.8) is 0 Å². The molecular formula is C21H29N8O2S2+. The molecular weight excluding hydrogens is 460 g/mol. The Morgan fingerprint density at radius 3 is 2.76 bits per heavy atom. The van der Waals surface area contributed by atoms with Crippen molar-refractivity contribution in [3.05, 3.63) is 35.9 Å². The summed E-state index contributed by atoms with van der Waals surface area (Å²) in [4.78, 5) is 29.4. The van der Waals surface area contributed by atoms with Crippen LogP contribution in [-0.4, -0.2) is 63.3 Å². The lowest BCUT2D eigenvalue weighted by Gasteiger charge is -2.29. The number of nitrogens with zero attached hydrogens (tertiary/aromatic N) is 6. The SMILES string of the molecule is C[SH+]C(C)(C)c1cc(N2CCOCC2)nc(-c2cnc(NC(=O)NCc3cnn(C)c3)s2)n1. The molecule has 33 heavy (non-hydrogen) atoms. The molecule has 0 aromatic carbocycles. The summed E-state index contributed by atoms with van der Waals surface area (Å²) in [5.74, 6) is 1.51. The molecule has 3 aromatic rings. The number of amides is 2. The Hall–Kier alpha value is -2.70. The van der Waals surface area contributed by atoms with Gasteiger partial charge in [0, 0.05) is 44.5 Å². The largest absolute Gasteiger partial charge is 0.378 e. The average molecular weight is 490 g/mol. The van der Waals surface area contributed by atoms with Gasteiger partial charge in [-0.2, -0.15) is 5.10 Å². The molecule has 3 aromatic heterocycles. The summed E-state index contributed by atoms with van der Waals surface area (Å²) >= 11 is 2.57. The molecule has 0 aliphatic carbocycles. The molecule has 0 atom stereocenters. The summed E-state index contributed by atoms with van der Waals surface area (Å²) in [6, 6.07) is 1.76. The smallest absolute Gasteiger partial charge is 0.321 e. The van der Waals surface area contributed by atoms with E-state index in [9.17, 15) is 4.79 Å². The number of aromatic nitrogens is 5. The van der Waals surface area contributed by atoms with Gasteiger partial charge in [-0.1, -0.05) is 11.3 Å². The van der Waals surface area contributed by atoms with Crippen LogP contribution in [0.15, 0.2) is 24.7 Å². The molecule has 1 aliphatic heterocycles. The van der Waals surface area contributed by atoms with Crippen molar-refractivity contribution in [1.29, 1.82) is 0 Å². The standard InChI is InChI=1S/C21H28N8O2S2/c1-21(2,32-4)16-9-17(29-5-7-31-8-6-29)26-18(25-16)15-12-23-20(33-15)27-19(30)22-10-14-11-24-28(3)13-14/h9,11-13H,5-8,10H2,1-4H3,(H2,22,23,27,30)/p+1. The molecule has 0 saturated carbocycles. The van der Waals surface area contributed by atoms with E-state index >= 15 is 0 Å². The minimum atomic E-state index is -0.325. The summed E-state index contributed by atoms with van der Waals surface area (Å²) in [5, 5.41) is 10.2. The van der Waals surface area contributed by atoms with Crippen LogP contribution in [0, 0.1) is 0 Å². The van der Waals surface area contributed by atoms with E-state index in [0.29, 0.717) is 30.7 Å². The molecule has 1 fully saturated rings. The van der Waals surface area contributed by atoms with Gasteiger partial charge in [0.25, 0.3) is 0 Å². The zero-order valence-corrected chi connectivity index (χ0v) is 20.9. The summed E-state index contributed by atoms with van der Waals surface area (Å²) in [6.45, 7) is 7.71. The molecule has 0 unspecified atom stereocenters. The second-order valence-corrected chi connectivity index (χ2v) is 10.8. The van der Waals surface area contributed by atoms with Crippen molar-refractivity contribution in [2.45, 2.75) is 25.1 Å². The molecule has 2 amide bonds. The van der Waals surface area contributed by atoms with Gasteiger partial charge in [-0.3, -0.25) is 10.00 Å². The van der Waals surface area contributed by atoms with E-state index in [4.69, 9.17) is 14.7 Å². The van der Waals surface area contributed by atoms with Crippen LogP contribution in [-0.2, 0) is 34.8 Å². The van der Waals surface area contributed by atoms with Crippen molar-refractivity contribution in [2.75, 3.05) is 42.8 Å². The van der Waals surface area contributed by atoms with Crippen molar-refractivity contribution in [1.82, 2.24) is 30.0 Å². The van der Waals surface area contributed by atoms with E-state index in [2.05, 4.69) is 51.8 Å². The maximum absolute atomic E-state index is 12.3. The van der Waals surface area contributed by atoms with Gasteiger partial charge >= 0.3 is 6.03 Å². The summed E-state index contributed by atoms with van der Waals surface area (Å²) in [5.41, 5.74) is 1.90. The molecule has 176 valence electrons. The van der Waals surface area contributed by atoms with Crippen molar-refractivity contribution >= 4 is 40.1 Å². The van der Waals surface area contributed by atoms with Crippen molar-refractivity contribution in [3.8, 4) is 10.7 Å². The number of rotatable bonds is 7. The third-order valence-electron chi connectivity index (χ3n) is 5.39. The van der Waals surface area contributed by atoms with E-state index in [0.717, 1.165) is 35.0 Å². The maximum Gasteiger partial charge on any atom is 0.321 e. The lowest BCUT2D eigenvalue weighted by molar-refractivity contribution is 0.122. The van der Waals surface area contributed by atoms with E-state index < -0.39 is 0 Å². The molecule has 4 heterocycles. The van der Waals surface area contributed by atoms with Gasteiger partial charge in [-0.15, -0.1) is 0 Å². The van der Waals surface area contributed by atoms with Crippen LogP contribution in [0.5, 0.6) is 0 Å². The van der Waals surface area contributed by atoms with Crippen LogP contribution in [0.4, 0.5) is 15.7 Å². The number of ether oxygens (including phenoxy) is 1. The molecule has 12 heteroatoms. The molecule has 2 N–H and O–H groups in total. The van der Waals surface area contributed by atoms with Crippen LogP contribution in [0.3, 0.4) is 0 Å². The highest BCUT2D eigenvalue weighted by Crippen LogP contribution is 2.32. The predicted octanol–water partition coefficient (Wildman–Crippen LogP) is 2.17. The van der Waals surface area contributed by atoms with Crippen LogP contribution < -0.4 is 15.5 Å². The molecule has 1 saturated heterocycles. The lowest BCUT2D eigenvalue weighted by Crippen LogP contribution is -2.37. The Bertz CT molecular complexity index is 1110. The normalized spacial score (nSPS) is 14.4. The summed E-state index contributed by atoms with van der Waals surface area (Å²) in [6.07, 6.45) is 7.42. The zero-order chi connectivity index (χ0) is 23.4. The van der Waals surface area contributed by atoms with Gasteiger partial charge in [0.05, 0.1) is 36.7 Å². The third-order valence-corrected chi connectivity index (χ3v) is 7.65. The number of carbonyl (C=O) groups is 1. The Morgan fingerprint density at radius 1 is 1.27 bits per heavy atom. The number of hydrogen-bond donors (Lipinski definition) is 2. The zero-order valence-electron chi connectivity index (χ0n) is 19.2. The number of urea groups is 1. The summed E-state index contributed by atoms with van der Waals surface area (Å²) < 4.78 is 7.08. The highest BCUT2D eigenvalue weighted by Gasteiger charge is 2.30. The minimum Gasteiger partial charge on any atom is -0.378 e. The van der Waals surface area contributed by atoms with Crippen molar-refractivity contribution in [2.24, 2.45) is 7.05 Å². The van der Waals surface area contributed by atoms with Crippen LogP contribution >= 0.6 is 11.3 Å². The number of aryl methyl sites for hydroxylation is 1. The number of nitrogens with one attached hydrogen (secondary N) is 2. The van der Waals surface area contributed by atoms with Gasteiger partial charge in [-0.05, 0) is 25.6 Å². The topological polar surface area (TPSA) is 110 Å². The molecule has 0 spiro atoms. The molecule has 10 nitrogen and oxygen atoms in total. The monoisotopic (exact) mass is 489 g/mol. The van der Waals surface area contributed by atoms with Gasteiger partial charge in [0.2, 0.25) is 0 Å². The maximum atomic E-state index is 12.3. The van der Waals surface area contributed by atoms with E-state index in [1.54, 1.807) is 17.1 Å².